The van der Waals surface area contributed by atoms with E-state index in [9.17, 15) is 0 Å². The minimum absolute atomic E-state index is 0.546. The lowest BCUT2D eigenvalue weighted by Crippen LogP contribution is -2.43. The third-order valence-corrected chi connectivity index (χ3v) is 5.38. The van der Waals surface area contributed by atoms with Gasteiger partial charge in [-0.25, -0.2) is 9.97 Å². The second-order valence-electron chi connectivity index (χ2n) is 7.82. The fourth-order valence-corrected chi connectivity index (χ4v) is 3.68. The highest BCUT2D eigenvalue weighted by Crippen LogP contribution is 2.38. The molecule has 0 spiro atoms. The van der Waals surface area contributed by atoms with Gasteiger partial charge in [0.15, 0.2) is 5.82 Å². The van der Waals surface area contributed by atoms with E-state index in [1.54, 1.807) is 0 Å². The number of rotatable bonds is 8. The quantitative estimate of drug-likeness (QED) is 0.765. The minimum Gasteiger partial charge on any atom is -0.356 e. The summed E-state index contributed by atoms with van der Waals surface area (Å²) in [6.07, 6.45) is 7.52. The highest BCUT2D eigenvalue weighted by Gasteiger charge is 2.28. The van der Waals surface area contributed by atoms with E-state index in [-0.39, 0.29) is 0 Å². The Balaban J connectivity index is 1.22. The lowest BCUT2D eigenvalue weighted by molar-refractivity contribution is 0.360. The van der Waals surface area contributed by atoms with Gasteiger partial charge in [0.25, 0.3) is 0 Å². The summed E-state index contributed by atoms with van der Waals surface area (Å²) in [5.74, 6) is 4.28. The molecule has 7 heteroatoms. The number of aryl methyl sites for hydroxylation is 2. The molecule has 1 aliphatic carbocycles. The van der Waals surface area contributed by atoms with Crippen LogP contribution in [0.15, 0.2) is 10.6 Å². The number of nitrogens with zero attached hydrogens (tertiary/aromatic N) is 5. The highest BCUT2D eigenvalue weighted by atomic mass is 16.5. The molecule has 146 valence electrons. The normalized spacial score (nSPS) is 18.2. The first kappa shape index (κ1) is 18.3. The van der Waals surface area contributed by atoms with Crippen molar-refractivity contribution >= 4 is 5.82 Å². The Kier molecular flexibility index (Phi) is 5.66. The average molecular weight is 371 g/mol. The van der Waals surface area contributed by atoms with E-state index >= 15 is 0 Å². The van der Waals surface area contributed by atoms with Crippen molar-refractivity contribution < 1.29 is 4.52 Å². The first-order chi connectivity index (χ1) is 13.2. The van der Waals surface area contributed by atoms with E-state index in [1.165, 1.54) is 12.8 Å². The molecule has 0 bridgehead atoms. The van der Waals surface area contributed by atoms with Crippen LogP contribution in [0.5, 0.6) is 0 Å². The van der Waals surface area contributed by atoms with E-state index in [4.69, 9.17) is 9.51 Å². The summed E-state index contributed by atoms with van der Waals surface area (Å²) in [4.78, 5) is 16.2. The lowest BCUT2D eigenvalue weighted by Gasteiger charge is -2.33. The first-order valence-corrected chi connectivity index (χ1v) is 10.4. The van der Waals surface area contributed by atoms with Gasteiger partial charge in [0.1, 0.15) is 11.6 Å². The maximum absolute atomic E-state index is 5.35. The predicted octanol–water partition coefficient (Wildman–Crippen LogP) is 2.80. The molecular weight excluding hydrogens is 340 g/mol. The molecule has 2 aromatic rings. The molecule has 1 saturated carbocycles. The van der Waals surface area contributed by atoms with Crippen molar-refractivity contribution in [1.82, 2.24) is 25.4 Å². The summed E-state index contributed by atoms with van der Waals surface area (Å²) < 4.78 is 5.35. The van der Waals surface area contributed by atoms with Crippen LogP contribution >= 0.6 is 0 Å². The van der Waals surface area contributed by atoms with Crippen molar-refractivity contribution in [1.29, 1.82) is 0 Å². The van der Waals surface area contributed by atoms with E-state index in [0.29, 0.717) is 12.0 Å². The van der Waals surface area contributed by atoms with E-state index in [1.807, 2.05) is 0 Å². The van der Waals surface area contributed by atoms with Crippen molar-refractivity contribution in [2.24, 2.45) is 0 Å². The van der Waals surface area contributed by atoms with Gasteiger partial charge in [0.05, 0.1) is 0 Å². The van der Waals surface area contributed by atoms with Gasteiger partial charge in [-0.3, -0.25) is 0 Å². The van der Waals surface area contributed by atoms with Gasteiger partial charge in [-0.15, -0.1) is 0 Å². The Labute approximate surface area is 161 Å². The molecular formula is C20H30N6O. The summed E-state index contributed by atoms with van der Waals surface area (Å²) in [6.45, 7) is 7.19. The molecule has 7 nitrogen and oxygen atoms in total. The van der Waals surface area contributed by atoms with Gasteiger partial charge >= 0.3 is 0 Å². The van der Waals surface area contributed by atoms with E-state index < -0.39 is 0 Å². The van der Waals surface area contributed by atoms with Gasteiger partial charge in [-0.2, -0.15) is 4.98 Å². The SMILES string of the molecule is CCCc1nc(C)cc(N2CCC(NCCc3nc(C4CC4)no3)CC2)n1. The van der Waals surface area contributed by atoms with Crippen LogP contribution in [0.25, 0.3) is 0 Å². The van der Waals surface area contributed by atoms with Crippen LogP contribution < -0.4 is 10.2 Å². The summed E-state index contributed by atoms with van der Waals surface area (Å²) in [6, 6.07) is 2.66. The molecule has 0 aromatic carbocycles. The fraction of sp³-hybridized carbons (Fsp3) is 0.700. The molecule has 1 aliphatic heterocycles. The molecule has 0 radical (unpaired) electrons. The first-order valence-electron chi connectivity index (χ1n) is 10.4. The smallest absolute Gasteiger partial charge is 0.227 e. The second kappa shape index (κ2) is 8.33. The predicted molar refractivity (Wildman–Crippen MR) is 104 cm³/mol. The Bertz CT molecular complexity index is 749. The molecule has 2 aromatic heterocycles. The Morgan fingerprint density at radius 1 is 1.11 bits per heavy atom. The molecule has 27 heavy (non-hydrogen) atoms. The van der Waals surface area contributed by atoms with Crippen LogP contribution in [-0.2, 0) is 12.8 Å². The maximum atomic E-state index is 5.35. The zero-order valence-electron chi connectivity index (χ0n) is 16.4. The van der Waals surface area contributed by atoms with Crippen LogP contribution in [0.3, 0.4) is 0 Å². The summed E-state index contributed by atoms with van der Waals surface area (Å²) >= 11 is 0. The Hall–Kier alpha value is -2.02. The highest BCUT2D eigenvalue weighted by molar-refractivity contribution is 5.40. The number of anilines is 1. The van der Waals surface area contributed by atoms with Gasteiger partial charge in [0.2, 0.25) is 5.89 Å². The number of aromatic nitrogens is 4. The maximum Gasteiger partial charge on any atom is 0.227 e. The monoisotopic (exact) mass is 370 g/mol. The molecule has 2 aliphatic rings. The lowest BCUT2D eigenvalue weighted by atomic mass is 10.0. The molecule has 0 amide bonds. The third-order valence-electron chi connectivity index (χ3n) is 5.38. The molecule has 3 heterocycles. The van der Waals surface area contributed by atoms with Crippen molar-refractivity contribution in [3.63, 3.8) is 0 Å². The van der Waals surface area contributed by atoms with Crippen molar-refractivity contribution in [3.05, 3.63) is 29.3 Å². The summed E-state index contributed by atoms with van der Waals surface area (Å²) in [7, 11) is 0. The van der Waals surface area contributed by atoms with Crippen LogP contribution in [0, 0.1) is 6.92 Å². The second-order valence-corrected chi connectivity index (χ2v) is 7.82. The average Bonchev–Trinajstić information content (AvgIpc) is 3.41. The molecule has 1 saturated heterocycles. The molecule has 0 unspecified atom stereocenters. The van der Waals surface area contributed by atoms with Crippen molar-refractivity contribution in [2.45, 2.75) is 70.8 Å². The number of hydrogen-bond donors (Lipinski definition) is 1. The zero-order valence-corrected chi connectivity index (χ0v) is 16.4. The topological polar surface area (TPSA) is 80.0 Å². The molecule has 4 rings (SSSR count). The standard InChI is InChI=1S/C20H30N6O/c1-3-4-17-22-14(2)13-18(23-17)26-11-8-16(9-12-26)21-10-7-19-24-20(25-27-19)15-5-6-15/h13,15-16,21H,3-12H2,1-2H3. The third kappa shape index (κ3) is 4.83. The van der Waals surface area contributed by atoms with Crippen LogP contribution in [0.1, 0.15) is 68.2 Å². The van der Waals surface area contributed by atoms with E-state index in [0.717, 1.165) is 80.8 Å². The van der Waals surface area contributed by atoms with Gasteiger partial charge in [0, 0.05) is 56.2 Å². The Morgan fingerprint density at radius 3 is 2.67 bits per heavy atom. The van der Waals surface area contributed by atoms with Gasteiger partial charge in [-0.1, -0.05) is 12.1 Å². The van der Waals surface area contributed by atoms with Crippen LogP contribution in [-0.4, -0.2) is 45.8 Å². The number of hydrogen-bond acceptors (Lipinski definition) is 7. The summed E-state index contributed by atoms with van der Waals surface area (Å²) in [5, 5.41) is 7.73. The van der Waals surface area contributed by atoms with Crippen molar-refractivity contribution in [3.8, 4) is 0 Å². The van der Waals surface area contributed by atoms with Gasteiger partial charge in [-0.05, 0) is 39.0 Å². The number of piperidine rings is 1. The molecule has 2 fully saturated rings. The largest absolute Gasteiger partial charge is 0.356 e. The number of nitrogens with one attached hydrogen (secondary N) is 1. The van der Waals surface area contributed by atoms with Crippen molar-refractivity contribution in [2.75, 3.05) is 24.5 Å². The minimum atomic E-state index is 0.546. The van der Waals surface area contributed by atoms with E-state index in [2.05, 4.69) is 45.3 Å². The van der Waals surface area contributed by atoms with Gasteiger partial charge < -0.3 is 14.7 Å². The molecule has 0 atom stereocenters. The van der Waals surface area contributed by atoms with Crippen LogP contribution in [0.2, 0.25) is 0 Å². The summed E-state index contributed by atoms with van der Waals surface area (Å²) in [5.41, 5.74) is 1.06. The molecule has 1 N–H and O–H groups in total. The zero-order chi connectivity index (χ0) is 18.6. The van der Waals surface area contributed by atoms with Crippen LogP contribution in [0.4, 0.5) is 5.82 Å². The Morgan fingerprint density at radius 2 is 1.93 bits per heavy atom. The fourth-order valence-electron chi connectivity index (χ4n) is 3.68.